The zero-order chi connectivity index (χ0) is 11.6. The first-order valence-electron chi connectivity index (χ1n) is 4.82. The van der Waals surface area contributed by atoms with E-state index < -0.39 is 12.0 Å². The maximum Gasteiger partial charge on any atom is 0.305 e. The van der Waals surface area contributed by atoms with Crippen molar-refractivity contribution in [2.45, 2.75) is 39.3 Å². The van der Waals surface area contributed by atoms with Crippen LogP contribution in [0, 0.1) is 6.92 Å². The van der Waals surface area contributed by atoms with E-state index in [9.17, 15) is 4.79 Å². The highest BCUT2D eigenvalue weighted by atomic mass is 16.4. The normalized spacial score (nSPS) is 13.1. The third-order valence-corrected chi connectivity index (χ3v) is 2.20. The smallest absolute Gasteiger partial charge is 0.305 e. The molecule has 6 heteroatoms. The maximum absolute atomic E-state index is 10.5. The minimum Gasteiger partial charge on any atom is -0.481 e. The van der Waals surface area contributed by atoms with E-state index in [2.05, 4.69) is 10.3 Å². The van der Waals surface area contributed by atoms with Crippen molar-refractivity contribution in [2.75, 3.05) is 0 Å². The van der Waals surface area contributed by atoms with Crippen LogP contribution in [0.2, 0.25) is 0 Å². The van der Waals surface area contributed by atoms with Gasteiger partial charge < -0.3 is 10.8 Å². The Morgan fingerprint density at radius 3 is 2.60 bits per heavy atom. The number of hydrogen-bond acceptors (Lipinski definition) is 4. The van der Waals surface area contributed by atoms with Crippen molar-refractivity contribution in [1.82, 2.24) is 15.0 Å². The lowest BCUT2D eigenvalue weighted by molar-refractivity contribution is -0.137. The fourth-order valence-electron chi connectivity index (χ4n) is 1.47. The molecule has 15 heavy (non-hydrogen) atoms. The lowest BCUT2D eigenvalue weighted by Gasteiger charge is -2.09. The summed E-state index contributed by atoms with van der Waals surface area (Å²) in [4.78, 5) is 10.5. The Kier molecular flexibility index (Phi) is 3.41. The van der Waals surface area contributed by atoms with Gasteiger partial charge in [0.1, 0.15) is 5.69 Å². The van der Waals surface area contributed by atoms with Crippen molar-refractivity contribution in [2.24, 2.45) is 5.73 Å². The van der Waals surface area contributed by atoms with Gasteiger partial charge in [0, 0.05) is 6.04 Å². The van der Waals surface area contributed by atoms with E-state index in [4.69, 9.17) is 10.8 Å². The Hall–Kier alpha value is -1.43. The molecule has 1 aromatic heterocycles. The van der Waals surface area contributed by atoms with Gasteiger partial charge in [-0.1, -0.05) is 5.21 Å². The van der Waals surface area contributed by atoms with E-state index in [1.165, 1.54) is 0 Å². The summed E-state index contributed by atoms with van der Waals surface area (Å²) in [5.41, 5.74) is 7.11. The van der Waals surface area contributed by atoms with Crippen molar-refractivity contribution < 1.29 is 9.90 Å². The van der Waals surface area contributed by atoms with E-state index in [0.717, 1.165) is 5.69 Å². The lowest BCUT2D eigenvalue weighted by atomic mass is 10.1. The molecule has 1 atom stereocenters. The summed E-state index contributed by atoms with van der Waals surface area (Å²) in [6.07, 6.45) is -0.127. The van der Waals surface area contributed by atoms with E-state index in [1.807, 2.05) is 20.8 Å². The van der Waals surface area contributed by atoms with Crippen LogP contribution in [0.1, 0.15) is 43.7 Å². The molecule has 0 saturated carbocycles. The number of carboxylic acids is 1. The van der Waals surface area contributed by atoms with Gasteiger partial charge in [0.05, 0.1) is 18.2 Å². The molecule has 0 aliphatic carbocycles. The summed E-state index contributed by atoms with van der Waals surface area (Å²) < 4.78 is 1.73. The third kappa shape index (κ3) is 2.53. The molecular weight excluding hydrogens is 196 g/mol. The number of aromatic nitrogens is 3. The summed E-state index contributed by atoms with van der Waals surface area (Å²) in [6.45, 7) is 5.80. The molecule has 6 nitrogen and oxygen atoms in total. The van der Waals surface area contributed by atoms with Crippen molar-refractivity contribution in [3.63, 3.8) is 0 Å². The average Bonchev–Trinajstić information content (AvgIpc) is 2.45. The molecule has 0 radical (unpaired) electrons. The van der Waals surface area contributed by atoms with Crippen LogP contribution >= 0.6 is 0 Å². The largest absolute Gasteiger partial charge is 0.481 e. The standard InChI is InChI=1S/C9H16N4O2/c1-5(2)13-6(3)9(11-12-13)7(10)4-8(14)15/h5,7H,4,10H2,1-3H3,(H,14,15). The maximum atomic E-state index is 10.5. The van der Waals surface area contributed by atoms with E-state index in [-0.39, 0.29) is 12.5 Å². The quantitative estimate of drug-likeness (QED) is 0.763. The molecule has 1 rings (SSSR count). The number of hydrogen-bond donors (Lipinski definition) is 2. The first-order valence-corrected chi connectivity index (χ1v) is 4.82. The van der Waals surface area contributed by atoms with Crippen molar-refractivity contribution in [1.29, 1.82) is 0 Å². The highest BCUT2D eigenvalue weighted by molar-refractivity contribution is 5.67. The zero-order valence-corrected chi connectivity index (χ0v) is 9.14. The number of aliphatic carboxylic acids is 1. The predicted molar refractivity (Wildman–Crippen MR) is 54.3 cm³/mol. The third-order valence-electron chi connectivity index (χ3n) is 2.20. The summed E-state index contributed by atoms with van der Waals surface area (Å²) in [5, 5.41) is 16.5. The van der Waals surface area contributed by atoms with Gasteiger partial charge in [-0.15, -0.1) is 5.10 Å². The summed E-state index contributed by atoms with van der Waals surface area (Å²) in [5.74, 6) is -0.930. The van der Waals surface area contributed by atoms with Crippen LogP contribution in [-0.4, -0.2) is 26.1 Å². The Labute approximate surface area is 88.1 Å². The van der Waals surface area contributed by atoms with Crippen LogP contribution in [0.25, 0.3) is 0 Å². The predicted octanol–water partition coefficient (Wildman–Crippen LogP) is 0.642. The topological polar surface area (TPSA) is 94.0 Å². The van der Waals surface area contributed by atoms with Crippen LogP contribution in [0.5, 0.6) is 0 Å². The Morgan fingerprint density at radius 2 is 2.20 bits per heavy atom. The van der Waals surface area contributed by atoms with E-state index in [1.54, 1.807) is 4.68 Å². The molecule has 0 fully saturated rings. The second kappa shape index (κ2) is 4.39. The SMILES string of the molecule is Cc1c(C(N)CC(=O)O)nnn1C(C)C. The minimum atomic E-state index is -0.930. The number of carboxylic acid groups (broad SMARTS) is 1. The highest BCUT2D eigenvalue weighted by Crippen LogP contribution is 2.17. The molecule has 3 N–H and O–H groups in total. The zero-order valence-electron chi connectivity index (χ0n) is 9.14. The van der Waals surface area contributed by atoms with Crippen LogP contribution in [-0.2, 0) is 4.79 Å². The highest BCUT2D eigenvalue weighted by Gasteiger charge is 2.19. The number of nitrogens with zero attached hydrogens (tertiary/aromatic N) is 3. The summed E-state index contributed by atoms with van der Waals surface area (Å²) >= 11 is 0. The second-order valence-corrected chi connectivity index (χ2v) is 3.80. The van der Waals surface area contributed by atoms with Gasteiger partial charge in [0.2, 0.25) is 0 Å². The van der Waals surface area contributed by atoms with Gasteiger partial charge in [0.25, 0.3) is 0 Å². The molecule has 0 bridgehead atoms. The van der Waals surface area contributed by atoms with Crippen molar-refractivity contribution in [3.05, 3.63) is 11.4 Å². The van der Waals surface area contributed by atoms with Crippen LogP contribution in [0.4, 0.5) is 0 Å². The van der Waals surface area contributed by atoms with Crippen LogP contribution in [0.15, 0.2) is 0 Å². The molecule has 0 spiro atoms. The van der Waals surface area contributed by atoms with Crippen molar-refractivity contribution >= 4 is 5.97 Å². The first kappa shape index (κ1) is 11.6. The molecule has 1 heterocycles. The van der Waals surface area contributed by atoms with Gasteiger partial charge in [-0.25, -0.2) is 4.68 Å². The first-order chi connectivity index (χ1) is 6.93. The molecule has 0 aromatic carbocycles. The van der Waals surface area contributed by atoms with E-state index >= 15 is 0 Å². The molecule has 0 aliphatic heterocycles. The number of carbonyl (C=O) groups is 1. The van der Waals surface area contributed by atoms with Gasteiger partial charge in [0.15, 0.2) is 0 Å². The monoisotopic (exact) mass is 212 g/mol. The summed E-state index contributed by atoms with van der Waals surface area (Å²) in [6, 6.07) is -0.390. The van der Waals surface area contributed by atoms with Gasteiger partial charge >= 0.3 is 5.97 Å². The lowest BCUT2D eigenvalue weighted by Crippen LogP contribution is -2.17. The molecule has 1 aromatic rings. The molecule has 0 saturated heterocycles. The Morgan fingerprint density at radius 1 is 1.60 bits per heavy atom. The number of nitrogens with two attached hydrogens (primary N) is 1. The Bertz CT molecular complexity index is 359. The molecule has 0 amide bonds. The van der Waals surface area contributed by atoms with Crippen LogP contribution in [0.3, 0.4) is 0 Å². The fraction of sp³-hybridized carbons (Fsp3) is 0.667. The minimum absolute atomic E-state index is 0.127. The fourth-order valence-corrected chi connectivity index (χ4v) is 1.47. The molecule has 84 valence electrons. The van der Waals surface area contributed by atoms with Crippen LogP contribution < -0.4 is 5.73 Å². The summed E-state index contributed by atoms with van der Waals surface area (Å²) in [7, 11) is 0. The Balaban J connectivity index is 2.91. The second-order valence-electron chi connectivity index (χ2n) is 3.80. The average molecular weight is 212 g/mol. The molecule has 1 unspecified atom stereocenters. The van der Waals surface area contributed by atoms with Gasteiger partial charge in [-0.05, 0) is 20.8 Å². The molecule has 0 aliphatic rings. The van der Waals surface area contributed by atoms with E-state index in [0.29, 0.717) is 5.69 Å². The van der Waals surface area contributed by atoms with Gasteiger partial charge in [-0.2, -0.15) is 0 Å². The van der Waals surface area contributed by atoms with Gasteiger partial charge in [-0.3, -0.25) is 4.79 Å². The van der Waals surface area contributed by atoms with Crippen molar-refractivity contribution in [3.8, 4) is 0 Å². The molecular formula is C9H16N4O2. The number of rotatable bonds is 4.